The van der Waals surface area contributed by atoms with Gasteiger partial charge in [-0.05, 0) is 25.3 Å². The maximum Gasteiger partial charge on any atom is 0.163 e. The molecule has 0 aliphatic carbocycles. The lowest BCUT2D eigenvalue weighted by Gasteiger charge is -2.44. The SMILES string of the molecule is CO[C@H]1CN(Cc2cccc(F)c2F)CC[C@@]12CCCO2. The van der Waals surface area contributed by atoms with Crippen molar-refractivity contribution in [1.82, 2.24) is 4.90 Å². The molecule has 3 rings (SSSR count). The molecule has 2 aliphatic heterocycles. The summed E-state index contributed by atoms with van der Waals surface area (Å²) in [6.45, 7) is 2.69. The van der Waals surface area contributed by atoms with Crippen LogP contribution in [0.4, 0.5) is 8.78 Å². The Morgan fingerprint density at radius 3 is 2.95 bits per heavy atom. The number of piperidine rings is 1. The fourth-order valence-electron chi connectivity index (χ4n) is 3.52. The Balaban J connectivity index is 1.70. The molecule has 0 bridgehead atoms. The Kier molecular flexibility index (Phi) is 4.24. The molecule has 1 aromatic carbocycles. The van der Waals surface area contributed by atoms with Crippen molar-refractivity contribution in [1.29, 1.82) is 0 Å². The molecule has 21 heavy (non-hydrogen) atoms. The summed E-state index contributed by atoms with van der Waals surface area (Å²) in [5.41, 5.74) is 0.222. The smallest absolute Gasteiger partial charge is 0.163 e. The zero-order valence-corrected chi connectivity index (χ0v) is 12.3. The van der Waals surface area contributed by atoms with Crippen LogP contribution in [0.3, 0.4) is 0 Å². The molecule has 116 valence electrons. The van der Waals surface area contributed by atoms with Gasteiger partial charge >= 0.3 is 0 Å². The summed E-state index contributed by atoms with van der Waals surface area (Å²) in [5, 5.41) is 0. The van der Waals surface area contributed by atoms with E-state index in [1.807, 2.05) is 0 Å². The number of hydrogen-bond acceptors (Lipinski definition) is 3. The van der Waals surface area contributed by atoms with Gasteiger partial charge in [-0.1, -0.05) is 12.1 Å². The predicted octanol–water partition coefficient (Wildman–Crippen LogP) is 2.73. The molecule has 0 amide bonds. The van der Waals surface area contributed by atoms with Gasteiger partial charge in [0, 0.05) is 38.9 Å². The highest BCUT2D eigenvalue weighted by Crippen LogP contribution is 2.37. The van der Waals surface area contributed by atoms with Crippen molar-refractivity contribution >= 4 is 0 Å². The van der Waals surface area contributed by atoms with Crippen LogP contribution in [0.2, 0.25) is 0 Å². The molecular formula is C16H21F2NO2. The molecule has 0 N–H and O–H groups in total. The monoisotopic (exact) mass is 297 g/mol. The molecule has 0 aromatic heterocycles. The van der Waals surface area contributed by atoms with Crippen molar-refractivity contribution in [2.75, 3.05) is 26.8 Å². The molecule has 2 aliphatic rings. The molecule has 1 spiro atoms. The van der Waals surface area contributed by atoms with Crippen molar-refractivity contribution in [3.05, 3.63) is 35.4 Å². The highest BCUT2D eigenvalue weighted by Gasteiger charge is 2.46. The van der Waals surface area contributed by atoms with Gasteiger partial charge in [-0.2, -0.15) is 0 Å². The van der Waals surface area contributed by atoms with E-state index < -0.39 is 11.6 Å². The molecular weight excluding hydrogens is 276 g/mol. The molecule has 1 aromatic rings. The minimum Gasteiger partial charge on any atom is -0.377 e. The minimum atomic E-state index is -0.789. The molecule has 5 heteroatoms. The molecule has 0 unspecified atom stereocenters. The molecule has 0 radical (unpaired) electrons. The van der Waals surface area contributed by atoms with Crippen LogP contribution < -0.4 is 0 Å². The first-order chi connectivity index (χ1) is 10.1. The van der Waals surface area contributed by atoms with E-state index in [9.17, 15) is 8.78 Å². The van der Waals surface area contributed by atoms with Crippen LogP contribution in [0, 0.1) is 11.6 Å². The van der Waals surface area contributed by atoms with Crippen LogP contribution in [-0.2, 0) is 16.0 Å². The third kappa shape index (κ3) is 2.82. The van der Waals surface area contributed by atoms with Gasteiger partial charge in [0.05, 0.1) is 11.7 Å². The third-order valence-corrected chi connectivity index (χ3v) is 4.71. The van der Waals surface area contributed by atoms with E-state index in [-0.39, 0.29) is 11.7 Å². The lowest BCUT2D eigenvalue weighted by molar-refractivity contribution is -0.143. The standard InChI is InChI=1S/C16H21F2NO2/c1-20-14-11-19(8-7-16(14)6-3-9-21-16)10-12-4-2-5-13(17)15(12)18/h2,4-5,14H,3,6-11H2,1H3/t14-,16-/m0/s1. The van der Waals surface area contributed by atoms with Crippen LogP contribution in [0.5, 0.6) is 0 Å². The molecule has 2 atom stereocenters. The van der Waals surface area contributed by atoms with Crippen LogP contribution >= 0.6 is 0 Å². The van der Waals surface area contributed by atoms with Crippen molar-refractivity contribution in [3.63, 3.8) is 0 Å². The summed E-state index contributed by atoms with van der Waals surface area (Å²) >= 11 is 0. The van der Waals surface area contributed by atoms with E-state index in [1.165, 1.54) is 0 Å². The number of benzene rings is 1. The number of likely N-dealkylation sites (tertiary alicyclic amines) is 1. The van der Waals surface area contributed by atoms with Crippen molar-refractivity contribution < 1.29 is 18.3 Å². The second-order valence-corrected chi connectivity index (χ2v) is 5.94. The van der Waals surface area contributed by atoms with Crippen LogP contribution in [0.25, 0.3) is 0 Å². The number of nitrogens with zero attached hydrogens (tertiary/aromatic N) is 1. The van der Waals surface area contributed by atoms with Gasteiger partial charge in [-0.15, -0.1) is 0 Å². The van der Waals surface area contributed by atoms with Gasteiger partial charge in [-0.25, -0.2) is 8.78 Å². The van der Waals surface area contributed by atoms with Crippen LogP contribution in [0.15, 0.2) is 18.2 Å². The Morgan fingerprint density at radius 1 is 1.38 bits per heavy atom. The minimum absolute atomic E-state index is 0.00892. The van der Waals surface area contributed by atoms with E-state index in [2.05, 4.69) is 4.90 Å². The normalized spacial score (nSPS) is 30.1. The first kappa shape index (κ1) is 14.9. The zero-order valence-electron chi connectivity index (χ0n) is 12.3. The number of halogens is 2. The Morgan fingerprint density at radius 2 is 2.24 bits per heavy atom. The lowest BCUT2D eigenvalue weighted by Crippen LogP contribution is -2.55. The van der Waals surface area contributed by atoms with E-state index in [0.717, 1.165) is 38.5 Å². The quantitative estimate of drug-likeness (QED) is 0.856. The van der Waals surface area contributed by atoms with E-state index in [1.54, 1.807) is 19.2 Å². The summed E-state index contributed by atoms with van der Waals surface area (Å²) in [4.78, 5) is 2.11. The number of hydrogen-bond donors (Lipinski definition) is 0. The molecule has 2 fully saturated rings. The van der Waals surface area contributed by atoms with Crippen molar-refractivity contribution in [2.24, 2.45) is 0 Å². The number of ether oxygens (including phenoxy) is 2. The summed E-state index contributed by atoms with van der Waals surface area (Å²) in [6, 6.07) is 4.33. The lowest BCUT2D eigenvalue weighted by atomic mass is 9.85. The van der Waals surface area contributed by atoms with E-state index in [0.29, 0.717) is 18.7 Å². The topological polar surface area (TPSA) is 21.7 Å². The first-order valence-corrected chi connectivity index (χ1v) is 7.46. The Bertz CT molecular complexity index is 503. The third-order valence-electron chi connectivity index (χ3n) is 4.71. The van der Waals surface area contributed by atoms with E-state index in [4.69, 9.17) is 9.47 Å². The van der Waals surface area contributed by atoms with Gasteiger partial charge in [0.1, 0.15) is 0 Å². The predicted molar refractivity (Wildman–Crippen MR) is 75.0 cm³/mol. The largest absolute Gasteiger partial charge is 0.377 e. The molecule has 0 saturated carbocycles. The average molecular weight is 297 g/mol. The number of methoxy groups -OCH3 is 1. The average Bonchev–Trinajstić information content (AvgIpc) is 2.95. The first-order valence-electron chi connectivity index (χ1n) is 7.46. The summed E-state index contributed by atoms with van der Waals surface area (Å²) in [5.74, 6) is -1.53. The zero-order chi connectivity index (χ0) is 14.9. The van der Waals surface area contributed by atoms with Crippen LogP contribution in [0.1, 0.15) is 24.8 Å². The Labute approximate surface area is 123 Å². The van der Waals surface area contributed by atoms with Gasteiger partial charge in [0.25, 0.3) is 0 Å². The molecule has 2 saturated heterocycles. The Hall–Kier alpha value is -1.04. The summed E-state index contributed by atoms with van der Waals surface area (Å²) < 4.78 is 38.6. The van der Waals surface area contributed by atoms with Gasteiger partial charge in [0.2, 0.25) is 0 Å². The van der Waals surface area contributed by atoms with E-state index >= 15 is 0 Å². The summed E-state index contributed by atoms with van der Waals surface area (Å²) in [6.07, 6.45) is 2.96. The van der Waals surface area contributed by atoms with Crippen molar-refractivity contribution in [3.8, 4) is 0 Å². The fraction of sp³-hybridized carbons (Fsp3) is 0.625. The maximum atomic E-state index is 13.8. The van der Waals surface area contributed by atoms with Gasteiger partial charge in [-0.3, -0.25) is 4.90 Å². The second kappa shape index (κ2) is 5.99. The summed E-state index contributed by atoms with van der Waals surface area (Å²) in [7, 11) is 1.69. The second-order valence-electron chi connectivity index (χ2n) is 5.94. The van der Waals surface area contributed by atoms with Gasteiger partial charge in [0.15, 0.2) is 11.6 Å². The fourth-order valence-corrected chi connectivity index (χ4v) is 3.52. The van der Waals surface area contributed by atoms with Crippen LogP contribution in [-0.4, -0.2) is 43.4 Å². The molecule has 2 heterocycles. The highest BCUT2D eigenvalue weighted by molar-refractivity contribution is 5.19. The highest BCUT2D eigenvalue weighted by atomic mass is 19.2. The van der Waals surface area contributed by atoms with Crippen molar-refractivity contribution in [2.45, 2.75) is 37.5 Å². The number of rotatable bonds is 3. The van der Waals surface area contributed by atoms with Gasteiger partial charge < -0.3 is 9.47 Å². The maximum absolute atomic E-state index is 13.8. The molecule has 3 nitrogen and oxygen atoms in total.